The van der Waals surface area contributed by atoms with Crippen molar-refractivity contribution in [2.75, 3.05) is 19.7 Å². The number of ether oxygens (including phenoxy) is 2. The summed E-state index contributed by atoms with van der Waals surface area (Å²) in [7, 11) is 0. The van der Waals surface area contributed by atoms with Gasteiger partial charge in [0, 0.05) is 31.1 Å². The molecule has 2 rings (SSSR count). The molecular formula is C40H48F2N2O5. The summed E-state index contributed by atoms with van der Waals surface area (Å²) < 4.78 is 38.0. The third-order valence-electron chi connectivity index (χ3n) is 6.77. The van der Waals surface area contributed by atoms with E-state index in [-0.39, 0.29) is 48.0 Å². The molecule has 0 atom stereocenters. The Bertz CT molecular complexity index is 1510. The third-order valence-corrected chi connectivity index (χ3v) is 6.77. The highest BCUT2D eigenvalue weighted by molar-refractivity contribution is 5.95. The van der Waals surface area contributed by atoms with Gasteiger partial charge in [0.05, 0.1) is 6.61 Å². The van der Waals surface area contributed by atoms with E-state index in [0.717, 1.165) is 50.7 Å². The zero-order chi connectivity index (χ0) is 35.5. The van der Waals surface area contributed by atoms with Gasteiger partial charge in [-0.1, -0.05) is 85.9 Å². The van der Waals surface area contributed by atoms with Crippen LogP contribution in [0.4, 0.5) is 13.6 Å². The highest BCUT2D eigenvalue weighted by Gasteiger charge is 2.19. The average molecular weight is 675 g/mol. The molecule has 0 radical (unpaired) electrons. The molecule has 2 N–H and O–H groups in total. The monoisotopic (exact) mass is 674 g/mol. The average Bonchev–Trinajstić information content (AvgIpc) is 3.08. The molecule has 0 heterocycles. The highest BCUT2D eigenvalue weighted by atomic mass is 19.1. The van der Waals surface area contributed by atoms with E-state index in [9.17, 15) is 23.2 Å². The van der Waals surface area contributed by atoms with Gasteiger partial charge in [-0.05, 0) is 81.7 Å². The largest absolute Gasteiger partial charge is 0.462 e. The molecular weight excluding hydrogens is 626 g/mol. The number of esters is 1. The quantitative estimate of drug-likeness (QED) is 0.0782. The number of rotatable bonds is 21. The van der Waals surface area contributed by atoms with Gasteiger partial charge in [-0.3, -0.25) is 4.79 Å². The number of amides is 2. The number of carbonyl (C=O) groups excluding carboxylic acids is 3. The van der Waals surface area contributed by atoms with Crippen LogP contribution in [0.5, 0.6) is 5.75 Å². The topological polar surface area (TPSA) is 93.7 Å². The Labute approximate surface area is 289 Å². The molecule has 0 fully saturated rings. The summed E-state index contributed by atoms with van der Waals surface area (Å²) >= 11 is 0. The smallest absolute Gasteiger partial charge is 0.412 e. The van der Waals surface area contributed by atoms with Crippen molar-refractivity contribution < 1.29 is 32.6 Å². The summed E-state index contributed by atoms with van der Waals surface area (Å²) in [5.74, 6) is -2.55. The van der Waals surface area contributed by atoms with E-state index < -0.39 is 23.7 Å². The molecule has 262 valence electrons. The minimum atomic E-state index is -0.849. The molecule has 0 aliphatic carbocycles. The van der Waals surface area contributed by atoms with E-state index in [1.807, 2.05) is 12.2 Å². The Balaban J connectivity index is 1.62. The summed E-state index contributed by atoms with van der Waals surface area (Å²) in [5.41, 5.74) is 0.250. The van der Waals surface area contributed by atoms with Crippen LogP contribution >= 0.6 is 0 Å². The molecule has 0 saturated carbocycles. The molecule has 2 aromatic carbocycles. The number of carbonyl (C=O) groups is 3. The fourth-order valence-corrected chi connectivity index (χ4v) is 4.32. The molecule has 0 aliphatic rings. The molecule has 2 amide bonds. The van der Waals surface area contributed by atoms with E-state index >= 15 is 0 Å². The first kappa shape index (κ1) is 40.1. The van der Waals surface area contributed by atoms with Crippen molar-refractivity contribution in [2.24, 2.45) is 0 Å². The first-order valence-electron chi connectivity index (χ1n) is 16.7. The predicted octanol–water partition coefficient (Wildman–Crippen LogP) is 9.49. The van der Waals surface area contributed by atoms with Crippen LogP contribution < -0.4 is 15.4 Å². The summed E-state index contributed by atoms with van der Waals surface area (Å²) in [6.07, 6.45) is 31.3. The molecule has 0 aromatic heterocycles. The maximum Gasteiger partial charge on any atom is 0.412 e. The van der Waals surface area contributed by atoms with Crippen molar-refractivity contribution in [2.45, 2.75) is 65.2 Å². The minimum Gasteiger partial charge on any atom is -0.462 e. The molecule has 7 nitrogen and oxygen atoms in total. The lowest BCUT2D eigenvalue weighted by atomic mass is 10.0. The number of hydrogen-bond donors (Lipinski definition) is 2. The maximum absolute atomic E-state index is 14.3. The number of nitrogens with one attached hydrogen (secondary N) is 2. The van der Waals surface area contributed by atoms with E-state index in [4.69, 9.17) is 9.47 Å². The SMILES string of the molecule is CC/C=C\C/C=C\C/C=C\C/C=C\C/C=C\C/C=C\CCC(=O)NCCNC(=O)Oc1ccc(-c2ccc(F)cc2F)cc1C(=O)OCC. The van der Waals surface area contributed by atoms with Gasteiger partial charge in [-0.25, -0.2) is 18.4 Å². The normalized spacial score (nSPS) is 11.9. The maximum atomic E-state index is 14.3. The van der Waals surface area contributed by atoms with Gasteiger partial charge in [0.1, 0.15) is 22.9 Å². The van der Waals surface area contributed by atoms with E-state index in [0.29, 0.717) is 12.8 Å². The Hall–Kier alpha value is -5.05. The van der Waals surface area contributed by atoms with Gasteiger partial charge >= 0.3 is 12.1 Å². The Morgan fingerprint density at radius 1 is 0.694 bits per heavy atom. The van der Waals surface area contributed by atoms with E-state index in [1.165, 1.54) is 24.3 Å². The van der Waals surface area contributed by atoms with Gasteiger partial charge in [-0.15, -0.1) is 0 Å². The molecule has 9 heteroatoms. The van der Waals surface area contributed by atoms with Crippen LogP contribution in [0.25, 0.3) is 11.1 Å². The second kappa shape index (κ2) is 25.0. The zero-order valence-corrected chi connectivity index (χ0v) is 28.5. The first-order valence-corrected chi connectivity index (χ1v) is 16.7. The van der Waals surface area contributed by atoms with Gasteiger partial charge in [-0.2, -0.15) is 0 Å². The standard InChI is InChI=1S/C40H48F2N2O5/c1-3-5-6-7-8-9-10-11-12-13-14-15-16-17-18-19-20-21-22-23-38(45)43-28-29-44-40(47)49-37-27-24-32(30-35(37)39(46)48-4-2)34-26-25-33(41)31-36(34)42/h5-6,8-9,11-12,14-15,17-18,20-21,24-27,30-31H,3-4,7,10,13,16,19,22-23,28-29H2,1-2H3,(H,43,45)(H,44,47)/b6-5-,9-8-,12-11-,15-14-,18-17-,21-20-. The highest BCUT2D eigenvalue weighted by Crippen LogP contribution is 2.29. The molecule has 0 aliphatic heterocycles. The number of halogens is 2. The van der Waals surface area contributed by atoms with Crippen LogP contribution in [-0.4, -0.2) is 37.7 Å². The molecule has 2 aromatic rings. The molecule has 0 bridgehead atoms. The second-order valence-corrected chi connectivity index (χ2v) is 10.7. The van der Waals surface area contributed by atoms with Crippen LogP contribution in [-0.2, 0) is 9.53 Å². The van der Waals surface area contributed by atoms with Crippen LogP contribution in [0.15, 0.2) is 109 Å². The fourth-order valence-electron chi connectivity index (χ4n) is 4.32. The van der Waals surface area contributed by atoms with Crippen molar-refractivity contribution in [3.63, 3.8) is 0 Å². The van der Waals surface area contributed by atoms with Gasteiger partial charge in [0.25, 0.3) is 0 Å². The van der Waals surface area contributed by atoms with Gasteiger partial charge in [0.2, 0.25) is 5.91 Å². The van der Waals surface area contributed by atoms with Crippen molar-refractivity contribution in [1.82, 2.24) is 10.6 Å². The van der Waals surface area contributed by atoms with Crippen molar-refractivity contribution >= 4 is 18.0 Å². The van der Waals surface area contributed by atoms with Crippen LogP contribution in [0, 0.1) is 11.6 Å². The lowest BCUT2D eigenvalue weighted by molar-refractivity contribution is -0.120. The fraction of sp³-hybridized carbons (Fsp3) is 0.325. The molecule has 0 spiro atoms. The Kier molecular flexibility index (Phi) is 20.5. The van der Waals surface area contributed by atoms with Crippen LogP contribution in [0.1, 0.15) is 75.6 Å². The summed E-state index contributed by atoms with van der Waals surface area (Å²) in [6, 6.07) is 7.18. The number of allylic oxidation sites excluding steroid dienone is 12. The van der Waals surface area contributed by atoms with Crippen molar-refractivity contribution in [3.8, 4) is 16.9 Å². The second-order valence-electron chi connectivity index (χ2n) is 10.7. The molecule has 49 heavy (non-hydrogen) atoms. The first-order chi connectivity index (χ1) is 23.8. The Morgan fingerprint density at radius 2 is 1.27 bits per heavy atom. The summed E-state index contributed by atoms with van der Waals surface area (Å²) in [4.78, 5) is 37.0. The predicted molar refractivity (Wildman–Crippen MR) is 192 cm³/mol. The van der Waals surface area contributed by atoms with Crippen molar-refractivity contribution in [3.05, 3.63) is 127 Å². The van der Waals surface area contributed by atoms with Crippen molar-refractivity contribution in [1.29, 1.82) is 0 Å². The van der Waals surface area contributed by atoms with Crippen LogP contribution in [0.2, 0.25) is 0 Å². The zero-order valence-electron chi connectivity index (χ0n) is 28.5. The lowest BCUT2D eigenvalue weighted by Gasteiger charge is -2.13. The number of hydrogen-bond acceptors (Lipinski definition) is 5. The molecule has 0 unspecified atom stereocenters. The van der Waals surface area contributed by atoms with Crippen LogP contribution in [0.3, 0.4) is 0 Å². The van der Waals surface area contributed by atoms with E-state index in [2.05, 4.69) is 78.3 Å². The summed E-state index contributed by atoms with van der Waals surface area (Å²) in [6.45, 7) is 4.10. The minimum absolute atomic E-state index is 0.0688. The number of benzene rings is 2. The summed E-state index contributed by atoms with van der Waals surface area (Å²) in [5, 5.41) is 5.24. The van der Waals surface area contributed by atoms with Gasteiger partial charge < -0.3 is 20.1 Å². The van der Waals surface area contributed by atoms with E-state index in [1.54, 1.807) is 6.92 Å². The molecule has 0 saturated heterocycles. The van der Waals surface area contributed by atoms with Gasteiger partial charge in [0.15, 0.2) is 0 Å². The lowest BCUT2D eigenvalue weighted by Crippen LogP contribution is -2.36. The Morgan fingerprint density at radius 3 is 1.84 bits per heavy atom. The third kappa shape index (κ3) is 17.6.